The molecule has 3 heteroatoms. The van der Waals surface area contributed by atoms with E-state index in [4.69, 9.17) is 4.74 Å². The maximum absolute atomic E-state index is 11.6. The first-order valence-electron chi connectivity index (χ1n) is 5.89. The average Bonchev–Trinajstić information content (AvgIpc) is 2.91. The van der Waals surface area contributed by atoms with E-state index in [1.807, 2.05) is 48.7 Å². The van der Waals surface area contributed by atoms with Gasteiger partial charge >= 0.3 is 5.97 Å². The van der Waals surface area contributed by atoms with E-state index in [1.165, 1.54) is 6.08 Å². The summed E-state index contributed by atoms with van der Waals surface area (Å²) in [7, 11) is 0. The zero-order valence-electron chi connectivity index (χ0n) is 10.2. The third kappa shape index (κ3) is 2.88. The minimum Gasteiger partial charge on any atom is -0.463 e. The molecule has 0 aliphatic heterocycles. The molecule has 1 N–H and O–H groups in total. The van der Waals surface area contributed by atoms with Crippen LogP contribution in [0, 0.1) is 0 Å². The number of aromatic amines is 1. The van der Waals surface area contributed by atoms with Crippen molar-refractivity contribution in [1.82, 2.24) is 4.98 Å². The van der Waals surface area contributed by atoms with Crippen LogP contribution in [0.4, 0.5) is 0 Å². The topological polar surface area (TPSA) is 42.1 Å². The van der Waals surface area contributed by atoms with Crippen LogP contribution < -0.4 is 0 Å². The molecule has 0 amide bonds. The first kappa shape index (κ1) is 12.2. The number of rotatable bonds is 4. The minimum absolute atomic E-state index is 0.328. The zero-order chi connectivity index (χ0) is 12.8. The van der Waals surface area contributed by atoms with Gasteiger partial charge in [-0.1, -0.05) is 30.3 Å². The van der Waals surface area contributed by atoms with Crippen LogP contribution in [0.5, 0.6) is 0 Å². The number of benzene rings is 1. The number of H-pyrrole nitrogens is 1. The Morgan fingerprint density at radius 1 is 1.22 bits per heavy atom. The van der Waals surface area contributed by atoms with Crippen molar-refractivity contribution in [3.8, 4) is 0 Å². The van der Waals surface area contributed by atoms with Gasteiger partial charge in [-0.05, 0) is 24.6 Å². The van der Waals surface area contributed by atoms with Crippen LogP contribution in [-0.4, -0.2) is 17.6 Å². The molecular weight excluding hydrogens is 226 g/mol. The lowest BCUT2D eigenvalue weighted by Crippen LogP contribution is -2.01. The molecule has 0 saturated carbocycles. The molecule has 0 fully saturated rings. The molecule has 2 rings (SSSR count). The minimum atomic E-state index is -0.328. The lowest BCUT2D eigenvalue weighted by Gasteiger charge is -2.06. The number of hydrogen-bond acceptors (Lipinski definition) is 2. The first-order valence-corrected chi connectivity index (χ1v) is 5.89. The van der Waals surface area contributed by atoms with Gasteiger partial charge in [0.15, 0.2) is 0 Å². The molecule has 0 aliphatic carbocycles. The number of carbonyl (C=O) groups excluding carboxylic acids is 1. The Kier molecular flexibility index (Phi) is 3.97. The van der Waals surface area contributed by atoms with Crippen molar-refractivity contribution in [2.24, 2.45) is 0 Å². The number of hydrogen-bond donors (Lipinski definition) is 1. The Balaban J connectivity index is 2.39. The van der Waals surface area contributed by atoms with E-state index < -0.39 is 0 Å². The predicted molar refractivity (Wildman–Crippen MR) is 70.9 cm³/mol. The quantitative estimate of drug-likeness (QED) is 0.660. The first-order chi connectivity index (χ1) is 8.81. The molecule has 0 atom stereocenters. The predicted octanol–water partition coefficient (Wildman–Crippen LogP) is 3.01. The maximum Gasteiger partial charge on any atom is 0.331 e. The zero-order valence-corrected chi connectivity index (χ0v) is 10.2. The fraction of sp³-hybridized carbons (Fsp3) is 0.133. The molecule has 92 valence electrons. The Morgan fingerprint density at radius 3 is 2.61 bits per heavy atom. The molecule has 1 aromatic heterocycles. The van der Waals surface area contributed by atoms with Gasteiger partial charge in [-0.25, -0.2) is 4.79 Å². The molecule has 0 unspecified atom stereocenters. The maximum atomic E-state index is 11.6. The average molecular weight is 241 g/mol. The molecule has 1 heterocycles. The van der Waals surface area contributed by atoms with Crippen LogP contribution >= 0.6 is 0 Å². The molecule has 3 nitrogen and oxygen atoms in total. The smallest absolute Gasteiger partial charge is 0.331 e. The van der Waals surface area contributed by atoms with Crippen LogP contribution in [-0.2, 0) is 9.53 Å². The lowest BCUT2D eigenvalue weighted by atomic mass is 10.0. The molecular formula is C15H15NO2. The second-order valence-electron chi connectivity index (χ2n) is 3.76. The Bertz CT molecular complexity index is 527. The van der Waals surface area contributed by atoms with E-state index >= 15 is 0 Å². The highest BCUT2D eigenvalue weighted by Crippen LogP contribution is 2.21. The van der Waals surface area contributed by atoms with Crippen LogP contribution in [0.1, 0.15) is 18.2 Å². The fourth-order valence-electron chi connectivity index (χ4n) is 1.73. The van der Waals surface area contributed by atoms with Gasteiger partial charge in [0, 0.05) is 23.5 Å². The molecule has 0 spiro atoms. The Morgan fingerprint density at radius 2 is 2.00 bits per heavy atom. The number of nitrogens with one attached hydrogen (secondary N) is 1. The number of ether oxygens (including phenoxy) is 1. The van der Waals surface area contributed by atoms with E-state index in [-0.39, 0.29) is 5.97 Å². The van der Waals surface area contributed by atoms with Crippen LogP contribution in [0.15, 0.2) is 54.7 Å². The second-order valence-corrected chi connectivity index (χ2v) is 3.76. The number of aromatic nitrogens is 1. The molecule has 2 aromatic rings. The SMILES string of the molecule is CCOC(=O)/C=C(/c1ccccc1)c1ccc[nH]1. The normalized spacial score (nSPS) is 11.3. The summed E-state index contributed by atoms with van der Waals surface area (Å²) in [5, 5.41) is 0. The summed E-state index contributed by atoms with van der Waals surface area (Å²) in [6.45, 7) is 2.17. The van der Waals surface area contributed by atoms with Gasteiger partial charge in [0.25, 0.3) is 0 Å². The van der Waals surface area contributed by atoms with Crippen molar-refractivity contribution < 1.29 is 9.53 Å². The van der Waals surface area contributed by atoms with Gasteiger partial charge in [0.2, 0.25) is 0 Å². The molecule has 0 saturated heterocycles. The molecule has 0 aliphatic rings. The molecule has 1 aromatic carbocycles. The molecule has 0 bridgehead atoms. The second kappa shape index (κ2) is 5.87. The highest BCUT2D eigenvalue weighted by atomic mass is 16.5. The summed E-state index contributed by atoms with van der Waals surface area (Å²) >= 11 is 0. The van der Waals surface area contributed by atoms with E-state index in [2.05, 4.69) is 4.98 Å². The molecule has 18 heavy (non-hydrogen) atoms. The van der Waals surface area contributed by atoms with Gasteiger partial charge in [0.05, 0.1) is 6.61 Å². The van der Waals surface area contributed by atoms with Gasteiger partial charge in [-0.2, -0.15) is 0 Å². The highest BCUT2D eigenvalue weighted by Gasteiger charge is 2.08. The van der Waals surface area contributed by atoms with E-state index in [0.717, 1.165) is 16.8 Å². The van der Waals surface area contributed by atoms with E-state index in [9.17, 15) is 4.79 Å². The Hall–Kier alpha value is -2.29. The summed E-state index contributed by atoms with van der Waals surface area (Å²) < 4.78 is 4.96. The van der Waals surface area contributed by atoms with Crippen LogP contribution in [0.25, 0.3) is 5.57 Å². The molecule has 0 radical (unpaired) electrons. The summed E-state index contributed by atoms with van der Waals surface area (Å²) in [6.07, 6.45) is 3.35. The van der Waals surface area contributed by atoms with Crippen molar-refractivity contribution in [2.75, 3.05) is 6.61 Å². The van der Waals surface area contributed by atoms with Crippen molar-refractivity contribution in [2.45, 2.75) is 6.92 Å². The van der Waals surface area contributed by atoms with Gasteiger partial charge in [-0.3, -0.25) is 0 Å². The fourth-order valence-corrected chi connectivity index (χ4v) is 1.73. The summed E-state index contributed by atoms with van der Waals surface area (Å²) in [5.41, 5.74) is 2.71. The summed E-state index contributed by atoms with van der Waals surface area (Å²) in [4.78, 5) is 14.7. The third-order valence-corrected chi connectivity index (χ3v) is 2.52. The third-order valence-electron chi connectivity index (χ3n) is 2.52. The van der Waals surface area contributed by atoms with E-state index in [1.54, 1.807) is 6.92 Å². The van der Waals surface area contributed by atoms with Gasteiger partial charge < -0.3 is 9.72 Å². The van der Waals surface area contributed by atoms with Crippen LogP contribution in [0.2, 0.25) is 0 Å². The highest BCUT2D eigenvalue weighted by molar-refractivity contribution is 5.95. The van der Waals surface area contributed by atoms with Gasteiger partial charge in [-0.15, -0.1) is 0 Å². The van der Waals surface area contributed by atoms with Crippen molar-refractivity contribution in [3.63, 3.8) is 0 Å². The number of esters is 1. The summed E-state index contributed by atoms with van der Waals surface area (Å²) in [5.74, 6) is -0.328. The van der Waals surface area contributed by atoms with Crippen molar-refractivity contribution in [3.05, 3.63) is 66.0 Å². The monoisotopic (exact) mass is 241 g/mol. The standard InChI is InChI=1S/C15H15NO2/c1-2-18-15(17)11-13(14-9-6-10-16-14)12-7-4-3-5-8-12/h3-11,16H,2H2,1H3/b13-11-. The lowest BCUT2D eigenvalue weighted by molar-refractivity contribution is -0.137. The van der Waals surface area contributed by atoms with Crippen LogP contribution in [0.3, 0.4) is 0 Å². The number of carbonyl (C=O) groups is 1. The van der Waals surface area contributed by atoms with Crippen molar-refractivity contribution >= 4 is 11.5 Å². The van der Waals surface area contributed by atoms with Gasteiger partial charge in [0.1, 0.15) is 0 Å². The van der Waals surface area contributed by atoms with Crippen molar-refractivity contribution in [1.29, 1.82) is 0 Å². The summed E-state index contributed by atoms with van der Waals surface area (Å²) in [6, 6.07) is 13.6. The largest absolute Gasteiger partial charge is 0.463 e. The van der Waals surface area contributed by atoms with E-state index in [0.29, 0.717) is 6.61 Å². The Labute approximate surface area is 106 Å².